The number of ether oxygens (including phenoxy) is 1. The molecule has 0 heterocycles. The fourth-order valence-electron chi connectivity index (χ4n) is 2.47. The average molecular weight is 415 g/mol. The number of aryl methyl sites for hydroxylation is 2. The van der Waals surface area contributed by atoms with Crippen molar-refractivity contribution in [2.75, 3.05) is 24.2 Å². The zero-order valence-electron chi connectivity index (χ0n) is 16.9. The molecule has 0 atom stereocenters. The van der Waals surface area contributed by atoms with Crippen LogP contribution in [0.5, 0.6) is 0 Å². The van der Waals surface area contributed by atoms with Gasteiger partial charge in [0.1, 0.15) is 0 Å². The lowest BCUT2D eigenvalue weighted by atomic mass is 10.1. The summed E-state index contributed by atoms with van der Waals surface area (Å²) in [6, 6.07) is 12.8. The molecule has 2 aromatic carbocycles. The smallest absolute Gasteiger partial charge is 0.307 e. The van der Waals surface area contributed by atoms with Crippen molar-refractivity contribution in [2.45, 2.75) is 32.1 Å². The minimum absolute atomic E-state index is 0.212. The predicted molar refractivity (Wildman–Crippen MR) is 115 cm³/mol. The van der Waals surface area contributed by atoms with E-state index in [2.05, 4.69) is 36.6 Å². The molecule has 0 saturated heterocycles. The summed E-state index contributed by atoms with van der Waals surface area (Å²) in [6.07, 6.45) is 0.220. The number of carbonyl (C=O) groups is 3. The Morgan fingerprint density at radius 1 is 1.03 bits per heavy atom. The maximum atomic E-state index is 12.0. The molecule has 0 spiro atoms. The molecule has 0 saturated carbocycles. The lowest BCUT2D eigenvalue weighted by Crippen LogP contribution is -2.23. The molecule has 6 nitrogen and oxygen atoms in total. The number of esters is 1. The standard InChI is InChI=1S/C22H26N2O4S/c1-4-23-22(27)17-6-5-7-18(13-17)24-20(25)14-28-21(26)10-11-29-19-9-8-15(2)16(3)12-19/h5-9,12-13H,4,10-11,14H2,1-3H3,(H,23,27)(H,24,25). The van der Waals surface area contributed by atoms with Crippen molar-refractivity contribution >= 4 is 35.2 Å². The third kappa shape index (κ3) is 7.62. The fraction of sp³-hybridized carbons (Fsp3) is 0.318. The van der Waals surface area contributed by atoms with E-state index >= 15 is 0 Å². The number of amides is 2. The Labute approximate surface area is 175 Å². The summed E-state index contributed by atoms with van der Waals surface area (Å²) in [5.74, 6) is -0.505. The predicted octanol–water partition coefficient (Wildman–Crippen LogP) is 3.72. The van der Waals surface area contributed by atoms with Crippen LogP contribution in [0.1, 0.15) is 34.8 Å². The van der Waals surface area contributed by atoms with Crippen LogP contribution in [0.25, 0.3) is 0 Å². The number of carbonyl (C=O) groups excluding carboxylic acids is 3. The third-order valence-electron chi connectivity index (χ3n) is 4.16. The molecule has 29 heavy (non-hydrogen) atoms. The van der Waals surface area contributed by atoms with Crippen LogP contribution in [0, 0.1) is 13.8 Å². The van der Waals surface area contributed by atoms with Gasteiger partial charge in [-0.25, -0.2) is 0 Å². The molecule has 0 aliphatic rings. The van der Waals surface area contributed by atoms with Crippen LogP contribution in [0.4, 0.5) is 5.69 Å². The van der Waals surface area contributed by atoms with Crippen molar-refractivity contribution in [1.29, 1.82) is 0 Å². The van der Waals surface area contributed by atoms with Gasteiger partial charge in [-0.3, -0.25) is 14.4 Å². The van der Waals surface area contributed by atoms with E-state index in [0.29, 0.717) is 23.5 Å². The van der Waals surface area contributed by atoms with E-state index in [0.717, 1.165) is 4.90 Å². The van der Waals surface area contributed by atoms with E-state index < -0.39 is 11.9 Å². The Balaban J connectivity index is 1.73. The van der Waals surface area contributed by atoms with E-state index in [4.69, 9.17) is 4.74 Å². The van der Waals surface area contributed by atoms with E-state index in [1.54, 1.807) is 36.0 Å². The largest absolute Gasteiger partial charge is 0.456 e. The second-order valence-electron chi connectivity index (χ2n) is 6.49. The Morgan fingerprint density at radius 3 is 2.55 bits per heavy atom. The summed E-state index contributed by atoms with van der Waals surface area (Å²) in [5.41, 5.74) is 3.37. The molecule has 2 rings (SSSR count). The van der Waals surface area contributed by atoms with Gasteiger partial charge in [0.2, 0.25) is 0 Å². The molecule has 0 aromatic heterocycles. The van der Waals surface area contributed by atoms with E-state index in [-0.39, 0.29) is 18.9 Å². The van der Waals surface area contributed by atoms with Gasteiger partial charge in [-0.05, 0) is 62.2 Å². The van der Waals surface area contributed by atoms with Crippen molar-refractivity contribution < 1.29 is 19.1 Å². The number of benzene rings is 2. The molecule has 2 amide bonds. The Kier molecular flexibility index (Phi) is 8.73. The molecular formula is C22H26N2O4S. The first-order valence-corrected chi connectivity index (χ1v) is 10.4. The summed E-state index contributed by atoms with van der Waals surface area (Å²) in [7, 11) is 0. The first-order chi connectivity index (χ1) is 13.9. The monoisotopic (exact) mass is 414 g/mol. The van der Waals surface area contributed by atoms with Crippen molar-refractivity contribution in [3.63, 3.8) is 0 Å². The van der Waals surface area contributed by atoms with Crippen molar-refractivity contribution in [2.24, 2.45) is 0 Å². The molecule has 0 fully saturated rings. The minimum Gasteiger partial charge on any atom is -0.456 e. The van der Waals surface area contributed by atoms with E-state index in [1.807, 2.05) is 13.0 Å². The van der Waals surface area contributed by atoms with Gasteiger partial charge < -0.3 is 15.4 Å². The number of thioether (sulfide) groups is 1. The van der Waals surface area contributed by atoms with Gasteiger partial charge in [0, 0.05) is 28.4 Å². The maximum absolute atomic E-state index is 12.0. The van der Waals surface area contributed by atoms with Crippen LogP contribution < -0.4 is 10.6 Å². The molecular weight excluding hydrogens is 388 g/mol. The maximum Gasteiger partial charge on any atom is 0.307 e. The summed E-state index contributed by atoms with van der Waals surface area (Å²) >= 11 is 1.58. The second-order valence-corrected chi connectivity index (χ2v) is 7.66. The quantitative estimate of drug-likeness (QED) is 0.483. The first kappa shape index (κ1) is 22.5. The number of rotatable bonds is 9. The second kappa shape index (κ2) is 11.3. The van der Waals surface area contributed by atoms with Crippen molar-refractivity contribution in [3.8, 4) is 0 Å². The van der Waals surface area contributed by atoms with Crippen LogP contribution in [-0.2, 0) is 14.3 Å². The summed E-state index contributed by atoms with van der Waals surface area (Å²) in [6.45, 7) is 6.10. The molecule has 7 heteroatoms. The molecule has 0 bridgehead atoms. The van der Waals surface area contributed by atoms with Gasteiger partial charge >= 0.3 is 5.97 Å². The highest BCUT2D eigenvalue weighted by molar-refractivity contribution is 7.99. The van der Waals surface area contributed by atoms with Gasteiger partial charge in [-0.2, -0.15) is 0 Å². The zero-order chi connectivity index (χ0) is 21.2. The Hall–Kier alpha value is -2.80. The van der Waals surface area contributed by atoms with Gasteiger partial charge in [-0.1, -0.05) is 12.1 Å². The van der Waals surface area contributed by atoms with E-state index in [1.165, 1.54) is 11.1 Å². The summed E-state index contributed by atoms with van der Waals surface area (Å²) in [4.78, 5) is 36.8. The highest BCUT2D eigenvalue weighted by Gasteiger charge is 2.10. The van der Waals surface area contributed by atoms with Crippen LogP contribution in [0.3, 0.4) is 0 Å². The van der Waals surface area contributed by atoms with E-state index in [9.17, 15) is 14.4 Å². The Morgan fingerprint density at radius 2 is 1.83 bits per heavy atom. The first-order valence-electron chi connectivity index (χ1n) is 9.43. The minimum atomic E-state index is -0.451. The third-order valence-corrected chi connectivity index (χ3v) is 5.16. The molecule has 154 valence electrons. The lowest BCUT2D eigenvalue weighted by molar-refractivity contribution is -0.146. The normalized spacial score (nSPS) is 10.3. The molecule has 0 aliphatic heterocycles. The van der Waals surface area contributed by atoms with Crippen LogP contribution in [0.15, 0.2) is 47.4 Å². The van der Waals surface area contributed by atoms with Crippen LogP contribution in [0.2, 0.25) is 0 Å². The van der Waals surface area contributed by atoms with Gasteiger partial charge in [0.05, 0.1) is 6.42 Å². The Bertz CT molecular complexity index is 883. The summed E-state index contributed by atoms with van der Waals surface area (Å²) < 4.78 is 5.03. The zero-order valence-corrected chi connectivity index (χ0v) is 17.7. The molecule has 2 N–H and O–H groups in total. The molecule has 0 radical (unpaired) electrons. The van der Waals surface area contributed by atoms with Gasteiger partial charge in [-0.15, -0.1) is 11.8 Å². The van der Waals surface area contributed by atoms with Gasteiger partial charge in [0.15, 0.2) is 6.61 Å². The van der Waals surface area contributed by atoms with Gasteiger partial charge in [0.25, 0.3) is 11.8 Å². The van der Waals surface area contributed by atoms with Crippen LogP contribution >= 0.6 is 11.8 Å². The molecule has 2 aromatic rings. The number of anilines is 1. The fourth-order valence-corrected chi connectivity index (χ4v) is 3.40. The highest BCUT2D eigenvalue weighted by Crippen LogP contribution is 2.21. The topological polar surface area (TPSA) is 84.5 Å². The number of nitrogens with one attached hydrogen (secondary N) is 2. The average Bonchev–Trinajstić information content (AvgIpc) is 2.69. The number of hydrogen-bond acceptors (Lipinski definition) is 5. The number of hydrogen-bond donors (Lipinski definition) is 2. The van der Waals surface area contributed by atoms with Crippen LogP contribution in [-0.4, -0.2) is 36.7 Å². The molecule has 0 aliphatic carbocycles. The molecule has 0 unspecified atom stereocenters. The van der Waals surface area contributed by atoms with Crippen molar-refractivity contribution in [3.05, 3.63) is 59.2 Å². The highest BCUT2D eigenvalue weighted by atomic mass is 32.2. The van der Waals surface area contributed by atoms with Crippen molar-refractivity contribution in [1.82, 2.24) is 5.32 Å². The summed E-state index contributed by atoms with van der Waals surface area (Å²) in [5, 5.41) is 5.32. The SMILES string of the molecule is CCNC(=O)c1cccc(NC(=O)COC(=O)CCSc2ccc(C)c(C)c2)c1. The lowest BCUT2D eigenvalue weighted by Gasteiger charge is -2.08.